The third-order valence-corrected chi connectivity index (χ3v) is 10.0. The van der Waals surface area contributed by atoms with E-state index in [9.17, 15) is 12.8 Å². The van der Waals surface area contributed by atoms with Crippen LogP contribution in [0.15, 0.2) is 42.9 Å². The van der Waals surface area contributed by atoms with Gasteiger partial charge >= 0.3 is 0 Å². The second-order valence-electron chi connectivity index (χ2n) is 11.9. The van der Waals surface area contributed by atoms with E-state index < -0.39 is 9.84 Å². The quantitative estimate of drug-likeness (QED) is 0.271. The number of hydrogen-bond donors (Lipinski definition) is 0. The number of alkyl halides is 1. The molecule has 0 bridgehead atoms. The van der Waals surface area contributed by atoms with Gasteiger partial charge in [-0.25, -0.2) is 18.1 Å². The summed E-state index contributed by atoms with van der Waals surface area (Å²) in [5.41, 5.74) is 5.20. The lowest BCUT2D eigenvalue weighted by Gasteiger charge is -2.48. The molecule has 2 aliphatic rings. The van der Waals surface area contributed by atoms with Gasteiger partial charge in [0.2, 0.25) is 0 Å². The van der Waals surface area contributed by atoms with Gasteiger partial charge in [-0.3, -0.25) is 14.4 Å². The van der Waals surface area contributed by atoms with Crippen molar-refractivity contribution < 1.29 is 17.5 Å². The van der Waals surface area contributed by atoms with Crippen molar-refractivity contribution in [3.05, 3.63) is 54.2 Å². The van der Waals surface area contributed by atoms with E-state index in [4.69, 9.17) is 19.8 Å². The number of hydrogen-bond acceptors (Lipinski definition) is 8. The Morgan fingerprint density at radius 2 is 1.88 bits per heavy atom. The molecule has 0 unspecified atom stereocenters. The normalized spacial score (nSPS) is 22.7. The van der Waals surface area contributed by atoms with Crippen LogP contribution < -0.4 is 9.64 Å². The van der Waals surface area contributed by atoms with Crippen LogP contribution in [0.4, 0.5) is 10.1 Å². The molecule has 222 valence electrons. The van der Waals surface area contributed by atoms with Gasteiger partial charge in [-0.15, -0.1) is 0 Å². The van der Waals surface area contributed by atoms with E-state index in [1.807, 2.05) is 36.0 Å². The largest absolute Gasteiger partial charge is 0.496 e. The van der Waals surface area contributed by atoms with Crippen LogP contribution in [-0.4, -0.2) is 71.5 Å². The highest BCUT2D eigenvalue weighted by Crippen LogP contribution is 2.40. The standard InChI is InChI=1S/C31H37FN6O3S/c1-19-25-16-34-38(29(25)13-28(35-19)26-15-33-10-9-30(26)41-3)31-12-24(37-17-23(20(37)2)18-42(4,39)40)11-27(36-31)22-7-5-21(14-32)6-8-22/h9-13,15-16,20-23H,5-8,14,17-18H2,1-4H3/t20-,21?,22?,23-/m1/s1. The van der Waals surface area contributed by atoms with Crippen LogP contribution in [0.1, 0.15) is 49.9 Å². The Kier molecular flexibility index (Phi) is 7.63. The van der Waals surface area contributed by atoms with Crippen molar-refractivity contribution in [2.24, 2.45) is 11.8 Å². The first-order chi connectivity index (χ1) is 20.1. The van der Waals surface area contributed by atoms with E-state index in [1.54, 1.807) is 19.5 Å². The van der Waals surface area contributed by atoms with E-state index in [-0.39, 0.29) is 36.2 Å². The second-order valence-corrected chi connectivity index (χ2v) is 14.1. The molecule has 0 spiro atoms. The fourth-order valence-electron chi connectivity index (χ4n) is 6.48. The molecule has 0 radical (unpaired) electrons. The summed E-state index contributed by atoms with van der Waals surface area (Å²) in [6.07, 6.45) is 10.0. The summed E-state index contributed by atoms with van der Waals surface area (Å²) in [5, 5.41) is 5.68. The number of fused-ring (bicyclic) bond motifs is 1. The minimum absolute atomic E-state index is 0.0792. The molecule has 2 atom stereocenters. The van der Waals surface area contributed by atoms with Gasteiger partial charge in [0.15, 0.2) is 5.82 Å². The Hall–Kier alpha value is -3.60. The van der Waals surface area contributed by atoms with Gasteiger partial charge in [-0.1, -0.05) is 0 Å². The number of halogens is 1. The van der Waals surface area contributed by atoms with Crippen molar-refractivity contribution in [3.8, 4) is 22.8 Å². The minimum atomic E-state index is -3.06. The molecule has 4 aromatic heterocycles. The molecule has 1 aliphatic carbocycles. The number of aromatic nitrogens is 5. The van der Waals surface area contributed by atoms with Crippen LogP contribution in [0.2, 0.25) is 0 Å². The van der Waals surface area contributed by atoms with Crippen LogP contribution in [0.3, 0.4) is 0 Å². The van der Waals surface area contributed by atoms with Gasteiger partial charge in [0.25, 0.3) is 0 Å². The Morgan fingerprint density at radius 3 is 2.57 bits per heavy atom. The van der Waals surface area contributed by atoms with Crippen molar-refractivity contribution in [2.75, 3.05) is 37.2 Å². The van der Waals surface area contributed by atoms with Crippen LogP contribution in [0.25, 0.3) is 28.0 Å². The number of nitrogens with zero attached hydrogens (tertiary/aromatic N) is 6. The van der Waals surface area contributed by atoms with Crippen LogP contribution >= 0.6 is 0 Å². The van der Waals surface area contributed by atoms with Crippen molar-refractivity contribution in [2.45, 2.75) is 51.5 Å². The molecule has 0 N–H and O–H groups in total. The first-order valence-corrected chi connectivity index (χ1v) is 16.6. The smallest absolute Gasteiger partial charge is 0.156 e. The Balaban J connectivity index is 1.43. The van der Waals surface area contributed by atoms with Crippen molar-refractivity contribution >= 4 is 26.4 Å². The van der Waals surface area contributed by atoms with Gasteiger partial charge in [0.05, 0.1) is 42.5 Å². The summed E-state index contributed by atoms with van der Waals surface area (Å²) in [4.78, 5) is 16.5. The highest BCUT2D eigenvalue weighted by molar-refractivity contribution is 7.90. The fourth-order valence-corrected chi connectivity index (χ4v) is 7.64. The first kappa shape index (κ1) is 28.5. The molecule has 0 aromatic carbocycles. The fraction of sp³-hybridized carbons (Fsp3) is 0.484. The average Bonchev–Trinajstić information content (AvgIpc) is 3.43. The molecule has 1 saturated carbocycles. The van der Waals surface area contributed by atoms with Crippen molar-refractivity contribution in [1.29, 1.82) is 0 Å². The summed E-state index contributed by atoms with van der Waals surface area (Å²) in [6.45, 7) is 4.44. The molecular weight excluding hydrogens is 555 g/mol. The Labute approximate surface area is 246 Å². The minimum Gasteiger partial charge on any atom is -0.496 e. The van der Waals surface area contributed by atoms with Gasteiger partial charge in [-0.2, -0.15) is 5.10 Å². The highest BCUT2D eigenvalue weighted by atomic mass is 32.2. The van der Waals surface area contributed by atoms with Gasteiger partial charge in [0.1, 0.15) is 15.6 Å². The average molecular weight is 593 g/mol. The van der Waals surface area contributed by atoms with E-state index in [1.165, 1.54) is 6.26 Å². The number of sulfone groups is 1. The number of pyridine rings is 3. The second kappa shape index (κ2) is 11.2. The van der Waals surface area contributed by atoms with E-state index >= 15 is 0 Å². The first-order valence-electron chi connectivity index (χ1n) is 14.5. The van der Waals surface area contributed by atoms with Crippen LogP contribution in [0.5, 0.6) is 5.75 Å². The van der Waals surface area contributed by atoms with Crippen LogP contribution in [0, 0.1) is 18.8 Å². The maximum atomic E-state index is 13.4. The highest BCUT2D eigenvalue weighted by Gasteiger charge is 2.38. The summed E-state index contributed by atoms with van der Waals surface area (Å²) >= 11 is 0. The number of methoxy groups -OCH3 is 1. The SMILES string of the molecule is COc1ccncc1-c1cc2c(cnn2-c2cc(N3C[C@H](CS(C)(=O)=O)[C@H]3C)cc(C3CCC(CF)CC3)n2)c(C)n1. The van der Waals surface area contributed by atoms with E-state index in [0.29, 0.717) is 18.1 Å². The number of ether oxygens (including phenoxy) is 1. The third kappa shape index (κ3) is 5.46. The number of rotatable bonds is 8. The van der Waals surface area contributed by atoms with Gasteiger partial charge < -0.3 is 9.64 Å². The van der Waals surface area contributed by atoms with E-state index in [0.717, 1.165) is 64.9 Å². The Bertz CT molecular complexity index is 1720. The molecule has 9 nitrogen and oxygen atoms in total. The molecule has 11 heteroatoms. The molecule has 4 aromatic rings. The molecule has 1 aliphatic heterocycles. The molecule has 6 rings (SSSR count). The molecule has 2 fully saturated rings. The lowest BCUT2D eigenvalue weighted by Crippen LogP contribution is -2.57. The zero-order valence-corrected chi connectivity index (χ0v) is 25.3. The predicted molar refractivity (Wildman–Crippen MR) is 162 cm³/mol. The number of aryl methyl sites for hydroxylation is 1. The topological polar surface area (TPSA) is 103 Å². The zero-order chi connectivity index (χ0) is 29.6. The molecular formula is C31H37FN6O3S. The molecule has 0 amide bonds. The lowest BCUT2D eigenvalue weighted by atomic mass is 9.80. The maximum Gasteiger partial charge on any atom is 0.156 e. The van der Waals surface area contributed by atoms with Gasteiger partial charge in [-0.05, 0) is 63.6 Å². The monoisotopic (exact) mass is 592 g/mol. The van der Waals surface area contributed by atoms with E-state index in [2.05, 4.69) is 22.9 Å². The molecule has 1 saturated heterocycles. The number of anilines is 1. The summed E-state index contributed by atoms with van der Waals surface area (Å²) in [7, 11) is -1.43. The lowest BCUT2D eigenvalue weighted by molar-refractivity contribution is 0.261. The van der Waals surface area contributed by atoms with Crippen LogP contribution in [-0.2, 0) is 9.84 Å². The summed E-state index contributed by atoms with van der Waals surface area (Å²) in [6, 6.07) is 8.06. The Morgan fingerprint density at radius 1 is 1.10 bits per heavy atom. The maximum absolute atomic E-state index is 13.4. The molecule has 5 heterocycles. The van der Waals surface area contributed by atoms with Crippen molar-refractivity contribution in [3.63, 3.8) is 0 Å². The summed E-state index contributed by atoms with van der Waals surface area (Å²) in [5.74, 6) is 2.00. The molecule has 42 heavy (non-hydrogen) atoms. The predicted octanol–water partition coefficient (Wildman–Crippen LogP) is 5.31. The third-order valence-electron chi connectivity index (χ3n) is 9.00. The summed E-state index contributed by atoms with van der Waals surface area (Å²) < 4.78 is 44.8. The van der Waals surface area contributed by atoms with Gasteiger partial charge in [0, 0.05) is 71.6 Å². The zero-order valence-electron chi connectivity index (χ0n) is 24.5. The van der Waals surface area contributed by atoms with Crippen molar-refractivity contribution in [1.82, 2.24) is 24.7 Å².